The maximum absolute atomic E-state index is 12.7. The van der Waals surface area contributed by atoms with E-state index in [0.29, 0.717) is 6.42 Å². The minimum absolute atomic E-state index is 0.0563. The van der Waals surface area contributed by atoms with Gasteiger partial charge in [-0.1, -0.05) is 294 Å². The van der Waals surface area contributed by atoms with E-state index in [9.17, 15) is 19.0 Å². The van der Waals surface area contributed by atoms with Gasteiger partial charge in [0, 0.05) is 19.4 Å². The van der Waals surface area contributed by atoms with Crippen LogP contribution in [0.3, 0.4) is 0 Å². The van der Waals surface area contributed by atoms with Crippen molar-refractivity contribution in [3.05, 3.63) is 48.6 Å². The van der Waals surface area contributed by atoms with E-state index >= 15 is 0 Å². The predicted octanol–water partition coefficient (Wildman–Crippen LogP) is 19.7. The topological polar surface area (TPSA) is 134 Å². The molecule has 0 aliphatic carbocycles. The van der Waals surface area contributed by atoms with E-state index in [4.69, 9.17) is 24.3 Å². The summed E-state index contributed by atoms with van der Waals surface area (Å²) in [4.78, 5) is 35.0. The molecular formula is C63H118NO8P. The molecule has 0 saturated heterocycles. The predicted molar refractivity (Wildman–Crippen MR) is 312 cm³/mol. The Morgan fingerprint density at radius 2 is 0.753 bits per heavy atom. The molecule has 2 unspecified atom stereocenters. The van der Waals surface area contributed by atoms with Crippen LogP contribution >= 0.6 is 7.82 Å². The van der Waals surface area contributed by atoms with Crippen molar-refractivity contribution in [2.24, 2.45) is 5.73 Å². The van der Waals surface area contributed by atoms with Crippen LogP contribution in [0.15, 0.2) is 48.6 Å². The number of carbonyl (C=O) groups excluding carboxylic acids is 2. The third-order valence-electron chi connectivity index (χ3n) is 13.7. The fourth-order valence-corrected chi connectivity index (χ4v) is 9.93. The standard InChI is InChI=1S/C63H118NO8P/c1-3-5-7-9-11-13-15-16-17-18-19-20-21-22-23-24-25-26-27-28-29-30-31-32-33-34-35-36-37-38-39-40-41-42-43-44-46-48-50-52-54-56-63(66)72-61(60-71-73(67,68)70-58-57-64)59-69-62(65)55-53-51-49-47-45-14-12-10-8-6-4-2/h5,7,11,13,16-17,19-20,61H,3-4,6,8-10,12,14-15,18,21-60,64H2,1-2H3,(H,67,68)/b7-5-,13-11-,17-16-,20-19-. The highest BCUT2D eigenvalue weighted by molar-refractivity contribution is 7.47. The first-order valence-corrected chi connectivity index (χ1v) is 32.6. The van der Waals surface area contributed by atoms with E-state index in [1.54, 1.807) is 0 Å². The number of phosphoric acid groups is 1. The smallest absolute Gasteiger partial charge is 0.462 e. The van der Waals surface area contributed by atoms with Crippen LogP contribution in [0.2, 0.25) is 0 Å². The van der Waals surface area contributed by atoms with Gasteiger partial charge in [0.15, 0.2) is 6.10 Å². The van der Waals surface area contributed by atoms with Crippen molar-refractivity contribution in [1.82, 2.24) is 0 Å². The van der Waals surface area contributed by atoms with Gasteiger partial charge >= 0.3 is 19.8 Å². The number of esters is 2. The van der Waals surface area contributed by atoms with Crippen molar-refractivity contribution in [1.29, 1.82) is 0 Å². The van der Waals surface area contributed by atoms with Gasteiger partial charge in [0.05, 0.1) is 13.2 Å². The molecule has 0 aromatic carbocycles. The van der Waals surface area contributed by atoms with Crippen LogP contribution in [0.5, 0.6) is 0 Å². The van der Waals surface area contributed by atoms with E-state index in [1.807, 2.05) is 0 Å². The zero-order valence-corrected chi connectivity index (χ0v) is 48.8. The number of rotatable bonds is 59. The Bertz CT molecular complexity index is 1330. The van der Waals surface area contributed by atoms with Gasteiger partial charge in [-0.3, -0.25) is 18.6 Å². The van der Waals surface area contributed by atoms with Gasteiger partial charge in [0.1, 0.15) is 6.61 Å². The molecule has 0 amide bonds. The van der Waals surface area contributed by atoms with Crippen molar-refractivity contribution in [3.8, 4) is 0 Å². The fourth-order valence-electron chi connectivity index (χ4n) is 9.16. The first kappa shape index (κ1) is 71.0. The van der Waals surface area contributed by atoms with Crippen LogP contribution in [0.1, 0.15) is 309 Å². The first-order valence-electron chi connectivity index (χ1n) is 31.1. The molecule has 0 saturated carbocycles. The molecule has 10 heteroatoms. The van der Waals surface area contributed by atoms with Gasteiger partial charge < -0.3 is 20.1 Å². The van der Waals surface area contributed by atoms with Crippen LogP contribution in [0.25, 0.3) is 0 Å². The molecule has 0 radical (unpaired) electrons. The lowest BCUT2D eigenvalue weighted by molar-refractivity contribution is -0.161. The second kappa shape index (κ2) is 59.2. The number of carbonyl (C=O) groups is 2. The van der Waals surface area contributed by atoms with Crippen molar-refractivity contribution >= 4 is 19.8 Å². The second-order valence-corrected chi connectivity index (χ2v) is 22.4. The third-order valence-corrected chi connectivity index (χ3v) is 14.7. The molecule has 0 aliphatic rings. The molecule has 9 nitrogen and oxygen atoms in total. The molecule has 3 N–H and O–H groups in total. The Morgan fingerprint density at radius 1 is 0.425 bits per heavy atom. The van der Waals surface area contributed by atoms with Gasteiger partial charge in [-0.25, -0.2) is 4.57 Å². The highest BCUT2D eigenvalue weighted by atomic mass is 31.2. The van der Waals surface area contributed by atoms with Crippen molar-refractivity contribution in [2.45, 2.75) is 315 Å². The molecule has 0 aliphatic heterocycles. The lowest BCUT2D eigenvalue weighted by Gasteiger charge is -2.19. The van der Waals surface area contributed by atoms with Gasteiger partial charge in [0.2, 0.25) is 0 Å². The Balaban J connectivity index is 3.68. The van der Waals surface area contributed by atoms with Crippen LogP contribution in [-0.2, 0) is 32.7 Å². The summed E-state index contributed by atoms with van der Waals surface area (Å²) in [5.74, 6) is -0.813. The number of unbranched alkanes of at least 4 members (excludes halogenated alkanes) is 38. The summed E-state index contributed by atoms with van der Waals surface area (Å²) in [6.45, 7) is 3.66. The van der Waals surface area contributed by atoms with Gasteiger partial charge in [-0.2, -0.15) is 0 Å². The summed E-state index contributed by atoms with van der Waals surface area (Å²) in [5.41, 5.74) is 5.37. The van der Waals surface area contributed by atoms with Crippen LogP contribution in [-0.4, -0.2) is 49.3 Å². The second-order valence-electron chi connectivity index (χ2n) is 20.9. The number of hydrogen-bond donors (Lipinski definition) is 2. The quantitative estimate of drug-likeness (QED) is 0.0264. The molecule has 428 valence electrons. The van der Waals surface area contributed by atoms with Crippen LogP contribution < -0.4 is 5.73 Å². The summed E-state index contributed by atoms with van der Waals surface area (Å²) in [6.07, 6.45) is 73.7. The van der Waals surface area contributed by atoms with E-state index in [-0.39, 0.29) is 38.6 Å². The zero-order chi connectivity index (χ0) is 53.1. The average Bonchev–Trinajstić information content (AvgIpc) is 3.38. The molecule has 0 bridgehead atoms. The van der Waals surface area contributed by atoms with Gasteiger partial charge in [-0.05, 0) is 51.4 Å². The van der Waals surface area contributed by atoms with E-state index in [1.165, 1.54) is 218 Å². The van der Waals surface area contributed by atoms with Gasteiger partial charge in [0.25, 0.3) is 0 Å². The highest BCUT2D eigenvalue weighted by Crippen LogP contribution is 2.43. The Labute approximate surface area is 451 Å². The Kier molecular flexibility index (Phi) is 57.6. The summed E-state index contributed by atoms with van der Waals surface area (Å²) in [5, 5.41) is 0. The highest BCUT2D eigenvalue weighted by Gasteiger charge is 2.26. The largest absolute Gasteiger partial charge is 0.472 e. The molecule has 2 atom stereocenters. The summed E-state index contributed by atoms with van der Waals surface area (Å²) in [7, 11) is -4.38. The van der Waals surface area contributed by atoms with Crippen molar-refractivity contribution in [3.63, 3.8) is 0 Å². The maximum atomic E-state index is 12.7. The number of hydrogen-bond acceptors (Lipinski definition) is 8. The molecule has 73 heavy (non-hydrogen) atoms. The number of allylic oxidation sites excluding steroid dienone is 8. The molecule has 0 spiro atoms. The summed E-state index contributed by atoms with van der Waals surface area (Å²) < 4.78 is 32.9. The Morgan fingerprint density at radius 3 is 1.12 bits per heavy atom. The Hall–Kier alpha value is -2.03. The number of nitrogens with two attached hydrogens (primary N) is 1. The normalized spacial score (nSPS) is 13.3. The fraction of sp³-hybridized carbons (Fsp3) is 0.841. The van der Waals surface area contributed by atoms with E-state index < -0.39 is 26.5 Å². The average molecular weight is 1050 g/mol. The van der Waals surface area contributed by atoms with Crippen LogP contribution in [0, 0.1) is 0 Å². The third kappa shape index (κ3) is 59.1. The molecule has 0 aromatic heterocycles. The first-order chi connectivity index (χ1) is 35.8. The molecule has 0 heterocycles. The maximum Gasteiger partial charge on any atom is 0.472 e. The van der Waals surface area contributed by atoms with E-state index in [2.05, 4.69) is 62.5 Å². The lowest BCUT2D eigenvalue weighted by Crippen LogP contribution is -2.29. The molecule has 0 rings (SSSR count). The monoisotopic (exact) mass is 1050 g/mol. The number of phosphoric ester groups is 1. The van der Waals surface area contributed by atoms with Crippen LogP contribution in [0.4, 0.5) is 0 Å². The minimum Gasteiger partial charge on any atom is -0.462 e. The zero-order valence-electron chi connectivity index (χ0n) is 47.9. The lowest BCUT2D eigenvalue weighted by atomic mass is 10.0. The molecular weight excluding hydrogens is 930 g/mol. The minimum atomic E-state index is -4.38. The molecule has 0 aromatic rings. The summed E-state index contributed by atoms with van der Waals surface area (Å²) in [6, 6.07) is 0. The summed E-state index contributed by atoms with van der Waals surface area (Å²) >= 11 is 0. The van der Waals surface area contributed by atoms with Crippen molar-refractivity contribution in [2.75, 3.05) is 26.4 Å². The molecule has 0 fully saturated rings. The van der Waals surface area contributed by atoms with Crippen molar-refractivity contribution < 1.29 is 37.6 Å². The van der Waals surface area contributed by atoms with Gasteiger partial charge in [-0.15, -0.1) is 0 Å². The number of ether oxygens (including phenoxy) is 2. The van der Waals surface area contributed by atoms with E-state index in [0.717, 1.165) is 57.8 Å². The SMILES string of the molecule is CC/C=C\C/C=C\C/C=C\C/C=C\CCCCCCCCCCCCCCCCCCCCCCCCCCCCCCC(=O)OC(COC(=O)CCCCCCCCCCCCC)COP(=O)(O)OCCN.